The van der Waals surface area contributed by atoms with Gasteiger partial charge in [0.2, 0.25) is 0 Å². The number of aromatic nitrogens is 2. The molecular formula is C13H21N3O. The van der Waals surface area contributed by atoms with Crippen LogP contribution in [0, 0.1) is 5.41 Å². The van der Waals surface area contributed by atoms with E-state index in [0.29, 0.717) is 12.2 Å². The Balaban J connectivity index is 2.06. The maximum absolute atomic E-state index is 12.5. The van der Waals surface area contributed by atoms with Gasteiger partial charge in [-0.25, -0.2) is 0 Å². The Bertz CT molecular complexity index is 391. The second-order valence-electron chi connectivity index (χ2n) is 5.08. The molecule has 4 nitrogen and oxygen atoms in total. The molecule has 1 fully saturated rings. The lowest BCUT2D eigenvalue weighted by molar-refractivity contribution is -0.127. The minimum Gasteiger partial charge on any atom is -0.316 e. The van der Waals surface area contributed by atoms with Gasteiger partial charge in [0.1, 0.15) is 5.78 Å². The summed E-state index contributed by atoms with van der Waals surface area (Å²) in [4.78, 5) is 12.5. The first-order valence-electron chi connectivity index (χ1n) is 6.38. The van der Waals surface area contributed by atoms with Gasteiger partial charge in [-0.05, 0) is 24.9 Å². The number of carbonyl (C=O) groups excluding carboxylic acids is 1. The average Bonchev–Trinajstić information content (AvgIpc) is 2.89. The first-order chi connectivity index (χ1) is 8.16. The highest BCUT2D eigenvalue weighted by atomic mass is 16.1. The Morgan fingerprint density at radius 3 is 3.00 bits per heavy atom. The summed E-state index contributed by atoms with van der Waals surface area (Å²) in [6.07, 6.45) is 7.30. The van der Waals surface area contributed by atoms with Crippen LogP contribution in [0.2, 0.25) is 0 Å². The van der Waals surface area contributed by atoms with Gasteiger partial charge in [-0.15, -0.1) is 0 Å². The lowest BCUT2D eigenvalue weighted by atomic mass is 9.77. The van der Waals surface area contributed by atoms with Gasteiger partial charge in [0.25, 0.3) is 0 Å². The molecular weight excluding hydrogens is 214 g/mol. The fraction of sp³-hybridized carbons (Fsp3) is 0.692. The second kappa shape index (κ2) is 5.00. The quantitative estimate of drug-likeness (QED) is 0.837. The summed E-state index contributed by atoms with van der Waals surface area (Å²) in [5.74, 6) is 0.373. The molecule has 17 heavy (non-hydrogen) atoms. The molecule has 1 aliphatic rings. The third-order valence-electron chi connectivity index (χ3n) is 3.69. The number of nitrogens with one attached hydrogen (secondary N) is 1. The van der Waals surface area contributed by atoms with Crippen LogP contribution >= 0.6 is 0 Å². The molecule has 2 rings (SSSR count). The molecule has 0 spiro atoms. The summed E-state index contributed by atoms with van der Waals surface area (Å²) in [6.45, 7) is 3.97. The predicted molar refractivity (Wildman–Crippen MR) is 66.7 cm³/mol. The van der Waals surface area contributed by atoms with Crippen molar-refractivity contribution in [1.29, 1.82) is 0 Å². The molecule has 1 saturated heterocycles. The van der Waals surface area contributed by atoms with E-state index in [1.165, 1.54) is 0 Å². The molecule has 1 unspecified atom stereocenters. The third-order valence-corrected chi connectivity index (χ3v) is 3.69. The van der Waals surface area contributed by atoms with Gasteiger partial charge in [-0.2, -0.15) is 5.10 Å². The van der Waals surface area contributed by atoms with Crippen LogP contribution in [0.1, 0.15) is 31.7 Å². The third kappa shape index (κ3) is 2.57. The molecule has 94 valence electrons. The Kier molecular flexibility index (Phi) is 3.62. The lowest BCUT2D eigenvalue weighted by Gasteiger charge is -2.25. The van der Waals surface area contributed by atoms with Crippen molar-refractivity contribution in [3.63, 3.8) is 0 Å². The number of ketones is 1. The summed E-state index contributed by atoms with van der Waals surface area (Å²) >= 11 is 0. The van der Waals surface area contributed by atoms with E-state index in [1.807, 2.05) is 13.2 Å². The molecule has 1 atom stereocenters. The van der Waals surface area contributed by atoms with E-state index >= 15 is 0 Å². The van der Waals surface area contributed by atoms with Crippen molar-refractivity contribution in [2.75, 3.05) is 13.1 Å². The van der Waals surface area contributed by atoms with Gasteiger partial charge >= 0.3 is 0 Å². The van der Waals surface area contributed by atoms with Crippen LogP contribution in [0.3, 0.4) is 0 Å². The zero-order valence-electron chi connectivity index (χ0n) is 10.7. The van der Waals surface area contributed by atoms with Crippen molar-refractivity contribution in [2.45, 2.75) is 32.6 Å². The molecule has 0 bridgehead atoms. The Hall–Kier alpha value is -1.16. The molecule has 2 heterocycles. The Labute approximate surface area is 102 Å². The van der Waals surface area contributed by atoms with E-state index in [0.717, 1.165) is 37.9 Å². The number of aryl methyl sites for hydroxylation is 1. The van der Waals surface area contributed by atoms with Gasteiger partial charge in [0.15, 0.2) is 0 Å². The molecule has 0 radical (unpaired) electrons. The Morgan fingerprint density at radius 1 is 1.65 bits per heavy atom. The SMILES string of the molecule is CCCC1(C(=O)Cc2cnn(C)c2)CCNC1. The summed E-state index contributed by atoms with van der Waals surface area (Å²) in [7, 11) is 1.88. The van der Waals surface area contributed by atoms with Gasteiger partial charge in [-0.3, -0.25) is 9.48 Å². The number of hydrogen-bond acceptors (Lipinski definition) is 3. The minimum absolute atomic E-state index is 0.120. The van der Waals surface area contributed by atoms with E-state index in [2.05, 4.69) is 17.3 Å². The molecule has 1 aromatic rings. The highest BCUT2D eigenvalue weighted by Crippen LogP contribution is 2.33. The Morgan fingerprint density at radius 2 is 2.47 bits per heavy atom. The largest absolute Gasteiger partial charge is 0.316 e. The normalized spacial score (nSPS) is 24.1. The standard InChI is InChI=1S/C13H21N3O/c1-3-4-13(5-6-14-10-13)12(17)7-11-8-15-16(2)9-11/h8-9,14H,3-7,10H2,1-2H3. The number of rotatable bonds is 5. The first kappa shape index (κ1) is 12.3. The maximum Gasteiger partial charge on any atom is 0.144 e. The summed E-state index contributed by atoms with van der Waals surface area (Å²) < 4.78 is 1.75. The zero-order valence-corrected chi connectivity index (χ0v) is 10.7. The fourth-order valence-corrected chi connectivity index (χ4v) is 2.75. The van der Waals surface area contributed by atoms with Gasteiger partial charge in [-0.1, -0.05) is 13.3 Å². The van der Waals surface area contributed by atoms with Gasteiger partial charge < -0.3 is 5.32 Å². The number of carbonyl (C=O) groups is 1. The van der Waals surface area contributed by atoms with E-state index < -0.39 is 0 Å². The van der Waals surface area contributed by atoms with Crippen LogP contribution in [0.25, 0.3) is 0 Å². The molecule has 0 aromatic carbocycles. The van der Waals surface area contributed by atoms with Crippen LogP contribution in [0.5, 0.6) is 0 Å². The van der Waals surface area contributed by atoms with Gasteiger partial charge in [0.05, 0.1) is 6.20 Å². The van der Waals surface area contributed by atoms with Crippen LogP contribution in [0.15, 0.2) is 12.4 Å². The topological polar surface area (TPSA) is 46.9 Å². The zero-order chi connectivity index (χ0) is 12.3. The van der Waals surface area contributed by atoms with E-state index in [4.69, 9.17) is 0 Å². The number of hydrogen-bond donors (Lipinski definition) is 1. The summed E-state index contributed by atoms with van der Waals surface area (Å²) in [5.41, 5.74) is 0.907. The molecule has 0 aliphatic carbocycles. The number of nitrogens with zero attached hydrogens (tertiary/aromatic N) is 2. The van der Waals surface area contributed by atoms with Crippen molar-refractivity contribution in [3.05, 3.63) is 18.0 Å². The molecule has 1 N–H and O–H groups in total. The minimum atomic E-state index is -0.120. The second-order valence-corrected chi connectivity index (χ2v) is 5.08. The van der Waals surface area contributed by atoms with Crippen molar-refractivity contribution in [3.8, 4) is 0 Å². The average molecular weight is 235 g/mol. The summed E-state index contributed by atoms with van der Waals surface area (Å²) in [6, 6.07) is 0. The maximum atomic E-state index is 12.5. The van der Waals surface area contributed by atoms with Crippen molar-refractivity contribution >= 4 is 5.78 Å². The molecule has 0 saturated carbocycles. The van der Waals surface area contributed by atoms with Crippen LogP contribution in [0.4, 0.5) is 0 Å². The molecule has 0 amide bonds. The molecule has 1 aliphatic heterocycles. The van der Waals surface area contributed by atoms with E-state index in [9.17, 15) is 4.79 Å². The predicted octanol–water partition coefficient (Wildman–Crippen LogP) is 1.31. The van der Waals surface area contributed by atoms with Crippen molar-refractivity contribution in [2.24, 2.45) is 12.5 Å². The lowest BCUT2D eigenvalue weighted by Crippen LogP contribution is -2.34. The first-order valence-corrected chi connectivity index (χ1v) is 6.38. The van der Waals surface area contributed by atoms with Crippen LogP contribution in [-0.2, 0) is 18.3 Å². The molecule has 1 aromatic heterocycles. The van der Waals surface area contributed by atoms with Crippen LogP contribution < -0.4 is 5.32 Å². The smallest absolute Gasteiger partial charge is 0.144 e. The highest BCUT2D eigenvalue weighted by molar-refractivity contribution is 5.87. The van der Waals surface area contributed by atoms with E-state index in [-0.39, 0.29) is 5.41 Å². The fourth-order valence-electron chi connectivity index (χ4n) is 2.75. The van der Waals surface area contributed by atoms with Crippen molar-refractivity contribution < 1.29 is 4.79 Å². The number of Topliss-reactive ketones (excluding diaryl/α,β-unsaturated/α-hetero) is 1. The summed E-state index contributed by atoms with van der Waals surface area (Å²) in [5, 5.41) is 7.44. The van der Waals surface area contributed by atoms with Crippen LogP contribution in [-0.4, -0.2) is 28.7 Å². The van der Waals surface area contributed by atoms with Gasteiger partial charge in [0, 0.05) is 31.6 Å². The van der Waals surface area contributed by atoms with Crippen molar-refractivity contribution in [1.82, 2.24) is 15.1 Å². The highest BCUT2D eigenvalue weighted by Gasteiger charge is 2.39. The monoisotopic (exact) mass is 235 g/mol. The van der Waals surface area contributed by atoms with E-state index in [1.54, 1.807) is 10.9 Å². The molecule has 4 heteroatoms.